The zero-order valence-electron chi connectivity index (χ0n) is 9.93. The maximum atomic E-state index is 5.39. The van der Waals surface area contributed by atoms with Crippen molar-refractivity contribution in [2.45, 2.75) is 18.9 Å². The van der Waals surface area contributed by atoms with Crippen molar-refractivity contribution in [3.05, 3.63) is 23.6 Å². The van der Waals surface area contributed by atoms with E-state index in [1.807, 2.05) is 0 Å². The van der Waals surface area contributed by atoms with Crippen molar-refractivity contribution in [2.75, 3.05) is 25.1 Å². The molecule has 3 heterocycles. The summed E-state index contributed by atoms with van der Waals surface area (Å²) in [6.07, 6.45) is 2.62. The summed E-state index contributed by atoms with van der Waals surface area (Å²) in [5.41, 5.74) is 1.11. The number of piperidine rings is 1. The Morgan fingerprint density at radius 2 is 2.12 bits per heavy atom. The third-order valence-electron chi connectivity index (χ3n) is 3.39. The molecule has 3 nitrogen and oxygen atoms in total. The lowest BCUT2D eigenvalue weighted by Gasteiger charge is -2.32. The number of aromatic nitrogens is 1. The Labute approximate surface area is 105 Å². The van der Waals surface area contributed by atoms with E-state index in [0.29, 0.717) is 6.10 Å². The van der Waals surface area contributed by atoms with Gasteiger partial charge < -0.3 is 9.64 Å². The number of methoxy groups -OCH3 is 1. The van der Waals surface area contributed by atoms with Crippen LogP contribution in [0, 0.1) is 0 Å². The van der Waals surface area contributed by atoms with Crippen LogP contribution in [0.25, 0.3) is 10.2 Å². The smallest absolute Gasteiger partial charge is 0.129 e. The number of anilines is 1. The average molecular weight is 248 g/mol. The molecule has 1 saturated heterocycles. The summed E-state index contributed by atoms with van der Waals surface area (Å²) < 4.78 is 6.65. The number of thiophene rings is 1. The minimum Gasteiger partial charge on any atom is -0.381 e. The first-order valence-corrected chi connectivity index (χ1v) is 6.87. The van der Waals surface area contributed by atoms with E-state index in [0.717, 1.165) is 37.3 Å². The van der Waals surface area contributed by atoms with Gasteiger partial charge in [-0.2, -0.15) is 0 Å². The first-order valence-electron chi connectivity index (χ1n) is 5.99. The van der Waals surface area contributed by atoms with Gasteiger partial charge >= 0.3 is 0 Å². The molecule has 0 amide bonds. The van der Waals surface area contributed by atoms with E-state index in [1.165, 1.54) is 4.70 Å². The molecule has 0 N–H and O–H groups in total. The Balaban J connectivity index is 1.79. The third-order valence-corrected chi connectivity index (χ3v) is 4.26. The molecule has 4 heteroatoms. The standard InChI is InChI=1S/C13H16N2OS/c1-16-10-4-7-15(8-5-10)13-3-2-12-11(14-13)6-9-17-12/h2-3,6,9-10H,4-5,7-8H2,1H3. The molecule has 0 aliphatic carbocycles. The van der Waals surface area contributed by atoms with E-state index in [4.69, 9.17) is 9.72 Å². The molecule has 0 atom stereocenters. The van der Waals surface area contributed by atoms with Gasteiger partial charge in [0.2, 0.25) is 0 Å². The topological polar surface area (TPSA) is 25.4 Å². The number of fused-ring (bicyclic) bond motifs is 1. The van der Waals surface area contributed by atoms with Crippen LogP contribution in [0.5, 0.6) is 0 Å². The van der Waals surface area contributed by atoms with Gasteiger partial charge in [0.1, 0.15) is 5.82 Å². The van der Waals surface area contributed by atoms with Crippen molar-refractivity contribution >= 4 is 27.4 Å². The number of nitrogens with zero attached hydrogens (tertiary/aromatic N) is 2. The second-order valence-electron chi connectivity index (χ2n) is 4.40. The van der Waals surface area contributed by atoms with Crippen LogP contribution in [0.4, 0.5) is 5.82 Å². The SMILES string of the molecule is COC1CCN(c2ccc3sccc3n2)CC1. The van der Waals surface area contributed by atoms with E-state index in [9.17, 15) is 0 Å². The Morgan fingerprint density at radius 3 is 2.88 bits per heavy atom. The molecule has 1 aliphatic heterocycles. The van der Waals surface area contributed by atoms with Crippen molar-refractivity contribution in [3.63, 3.8) is 0 Å². The minimum absolute atomic E-state index is 0.427. The highest BCUT2D eigenvalue weighted by molar-refractivity contribution is 7.17. The largest absolute Gasteiger partial charge is 0.381 e. The molecule has 0 spiro atoms. The van der Waals surface area contributed by atoms with Gasteiger partial charge in [-0.25, -0.2) is 4.98 Å². The van der Waals surface area contributed by atoms with Gasteiger partial charge in [0.25, 0.3) is 0 Å². The van der Waals surface area contributed by atoms with Crippen LogP contribution in [-0.2, 0) is 4.74 Å². The summed E-state index contributed by atoms with van der Waals surface area (Å²) in [5, 5.41) is 2.10. The number of hydrogen-bond donors (Lipinski definition) is 0. The van der Waals surface area contributed by atoms with Crippen LogP contribution in [0.3, 0.4) is 0 Å². The normalized spacial score (nSPS) is 17.8. The quantitative estimate of drug-likeness (QED) is 0.817. The summed E-state index contributed by atoms with van der Waals surface area (Å²) in [6.45, 7) is 2.09. The summed E-state index contributed by atoms with van der Waals surface area (Å²) in [7, 11) is 1.80. The lowest BCUT2D eigenvalue weighted by atomic mass is 10.1. The molecule has 0 saturated carbocycles. The van der Waals surface area contributed by atoms with E-state index in [1.54, 1.807) is 18.4 Å². The van der Waals surface area contributed by atoms with Crippen LogP contribution in [0.2, 0.25) is 0 Å². The van der Waals surface area contributed by atoms with E-state index in [-0.39, 0.29) is 0 Å². The second kappa shape index (κ2) is 4.63. The number of rotatable bonds is 2. The maximum absolute atomic E-state index is 5.39. The lowest BCUT2D eigenvalue weighted by Crippen LogP contribution is -2.37. The zero-order valence-corrected chi connectivity index (χ0v) is 10.7. The molecule has 1 aliphatic rings. The molecule has 2 aromatic heterocycles. The Hall–Kier alpha value is -1.13. The fraction of sp³-hybridized carbons (Fsp3) is 0.462. The van der Waals surface area contributed by atoms with Crippen molar-refractivity contribution in [2.24, 2.45) is 0 Å². The number of hydrogen-bond acceptors (Lipinski definition) is 4. The van der Waals surface area contributed by atoms with Gasteiger partial charge in [0.05, 0.1) is 16.3 Å². The average Bonchev–Trinajstić information content (AvgIpc) is 2.86. The molecule has 1 fully saturated rings. The zero-order chi connectivity index (χ0) is 11.7. The highest BCUT2D eigenvalue weighted by Crippen LogP contribution is 2.24. The predicted molar refractivity (Wildman–Crippen MR) is 71.9 cm³/mol. The van der Waals surface area contributed by atoms with E-state index >= 15 is 0 Å². The maximum Gasteiger partial charge on any atom is 0.129 e. The van der Waals surface area contributed by atoms with Gasteiger partial charge in [0, 0.05) is 20.2 Å². The Bertz CT molecular complexity index is 503. The molecule has 0 radical (unpaired) electrons. The molecule has 0 bridgehead atoms. The molecule has 2 aromatic rings. The van der Waals surface area contributed by atoms with Crippen LogP contribution in [0.15, 0.2) is 23.6 Å². The highest BCUT2D eigenvalue weighted by Gasteiger charge is 2.19. The van der Waals surface area contributed by atoms with E-state index in [2.05, 4.69) is 28.5 Å². The van der Waals surface area contributed by atoms with Crippen LogP contribution in [0.1, 0.15) is 12.8 Å². The van der Waals surface area contributed by atoms with Crippen molar-refractivity contribution in [1.29, 1.82) is 0 Å². The van der Waals surface area contributed by atoms with Gasteiger partial charge in [-0.05, 0) is 36.4 Å². The molecule has 0 unspecified atom stereocenters. The fourth-order valence-electron chi connectivity index (χ4n) is 2.34. The molecule has 0 aromatic carbocycles. The van der Waals surface area contributed by atoms with Crippen LogP contribution in [-0.4, -0.2) is 31.3 Å². The van der Waals surface area contributed by atoms with Crippen LogP contribution >= 0.6 is 11.3 Å². The summed E-state index contributed by atoms with van der Waals surface area (Å²) >= 11 is 1.75. The van der Waals surface area contributed by atoms with Crippen LogP contribution < -0.4 is 4.90 Å². The first-order chi connectivity index (χ1) is 8.36. The predicted octanol–water partition coefficient (Wildman–Crippen LogP) is 2.91. The highest BCUT2D eigenvalue weighted by atomic mass is 32.1. The third kappa shape index (κ3) is 2.15. The van der Waals surface area contributed by atoms with Gasteiger partial charge in [-0.1, -0.05) is 0 Å². The van der Waals surface area contributed by atoms with Crippen molar-refractivity contribution < 1.29 is 4.74 Å². The number of ether oxygens (including phenoxy) is 1. The monoisotopic (exact) mass is 248 g/mol. The summed E-state index contributed by atoms with van der Waals surface area (Å²) in [5.74, 6) is 1.10. The molecular formula is C13H16N2OS. The minimum atomic E-state index is 0.427. The van der Waals surface area contributed by atoms with Gasteiger partial charge in [-0.15, -0.1) is 11.3 Å². The second-order valence-corrected chi connectivity index (χ2v) is 5.34. The lowest BCUT2D eigenvalue weighted by molar-refractivity contribution is 0.0818. The van der Waals surface area contributed by atoms with Gasteiger partial charge in [-0.3, -0.25) is 0 Å². The molecule has 90 valence electrons. The molecule has 3 rings (SSSR count). The summed E-state index contributed by atoms with van der Waals surface area (Å²) in [4.78, 5) is 7.06. The van der Waals surface area contributed by atoms with E-state index < -0.39 is 0 Å². The fourth-order valence-corrected chi connectivity index (χ4v) is 3.06. The van der Waals surface area contributed by atoms with Gasteiger partial charge in [0.15, 0.2) is 0 Å². The first kappa shape index (κ1) is 11.0. The van der Waals surface area contributed by atoms with Crippen molar-refractivity contribution in [3.8, 4) is 0 Å². The Morgan fingerprint density at radius 1 is 1.29 bits per heavy atom. The van der Waals surface area contributed by atoms with Crippen molar-refractivity contribution in [1.82, 2.24) is 4.98 Å². The molecular weight excluding hydrogens is 232 g/mol. The summed E-state index contributed by atoms with van der Waals surface area (Å²) in [6, 6.07) is 6.39. The number of pyridine rings is 1. The Kier molecular flexibility index (Phi) is 2.99. The molecule has 17 heavy (non-hydrogen) atoms.